The molecular formula is C14H21BrN2O2. The van der Waals surface area contributed by atoms with Gasteiger partial charge in [-0.2, -0.15) is 0 Å². The molecule has 1 heterocycles. The highest BCUT2D eigenvalue weighted by molar-refractivity contribution is 9.10. The van der Waals surface area contributed by atoms with Gasteiger partial charge in [0.1, 0.15) is 6.10 Å². The van der Waals surface area contributed by atoms with Crippen LogP contribution in [0.1, 0.15) is 12.5 Å². The molecule has 0 aliphatic carbocycles. The Morgan fingerprint density at radius 3 is 2.68 bits per heavy atom. The highest BCUT2D eigenvalue weighted by atomic mass is 79.9. The molecule has 1 aliphatic rings. The number of hydrogen-bond acceptors (Lipinski definition) is 4. The van der Waals surface area contributed by atoms with Gasteiger partial charge in [0, 0.05) is 29.2 Å². The van der Waals surface area contributed by atoms with Gasteiger partial charge in [-0.1, -0.05) is 15.9 Å². The minimum atomic E-state index is 0.0884. The summed E-state index contributed by atoms with van der Waals surface area (Å²) in [7, 11) is 3.75. The third-order valence-electron chi connectivity index (χ3n) is 3.17. The van der Waals surface area contributed by atoms with Crippen molar-refractivity contribution in [3.63, 3.8) is 0 Å². The van der Waals surface area contributed by atoms with Crippen molar-refractivity contribution < 1.29 is 9.47 Å². The number of likely N-dealkylation sites (tertiary alicyclic amines) is 1. The van der Waals surface area contributed by atoms with Crippen molar-refractivity contribution in [2.75, 3.05) is 27.2 Å². The van der Waals surface area contributed by atoms with Gasteiger partial charge >= 0.3 is 0 Å². The number of nitrogens with zero attached hydrogens (tertiary/aromatic N) is 1. The van der Waals surface area contributed by atoms with E-state index in [-0.39, 0.29) is 12.1 Å². The van der Waals surface area contributed by atoms with Gasteiger partial charge in [-0.05, 0) is 32.5 Å². The first-order chi connectivity index (χ1) is 8.99. The lowest BCUT2D eigenvalue weighted by atomic mass is 10.1. The van der Waals surface area contributed by atoms with Gasteiger partial charge in [-0.25, -0.2) is 0 Å². The maximum atomic E-state index is 6.09. The van der Waals surface area contributed by atoms with Gasteiger partial charge in [-0.3, -0.25) is 4.90 Å². The van der Waals surface area contributed by atoms with E-state index in [0.29, 0.717) is 0 Å². The van der Waals surface area contributed by atoms with Gasteiger partial charge in [0.2, 0.25) is 0 Å². The molecule has 1 aliphatic heterocycles. The number of likely N-dealkylation sites (N-methyl/N-ethyl adjacent to an activating group) is 1. The lowest BCUT2D eigenvalue weighted by molar-refractivity contribution is 0.0362. The number of benzene rings is 1. The maximum Gasteiger partial charge on any atom is 0.165 e. The largest absolute Gasteiger partial charge is 0.493 e. The summed E-state index contributed by atoms with van der Waals surface area (Å²) in [5.41, 5.74) is 7.01. The van der Waals surface area contributed by atoms with Crippen molar-refractivity contribution >= 4 is 15.9 Å². The van der Waals surface area contributed by atoms with Crippen LogP contribution in [0.3, 0.4) is 0 Å². The van der Waals surface area contributed by atoms with Crippen molar-refractivity contribution in [1.29, 1.82) is 0 Å². The van der Waals surface area contributed by atoms with Gasteiger partial charge in [0.05, 0.1) is 7.11 Å². The van der Waals surface area contributed by atoms with E-state index in [1.807, 2.05) is 13.0 Å². The summed E-state index contributed by atoms with van der Waals surface area (Å²) >= 11 is 3.50. The highest BCUT2D eigenvalue weighted by Crippen LogP contribution is 2.36. The molecule has 0 bridgehead atoms. The van der Waals surface area contributed by atoms with E-state index in [2.05, 4.69) is 33.9 Å². The van der Waals surface area contributed by atoms with Crippen LogP contribution in [0.4, 0.5) is 0 Å². The van der Waals surface area contributed by atoms with Crippen LogP contribution >= 0.6 is 15.9 Å². The molecule has 2 rings (SSSR count). The number of methoxy groups -OCH3 is 1. The SMILES string of the molecule is COc1cc(Br)cc(CC(C)N)c1OC1CN(C)C1. The second kappa shape index (κ2) is 6.11. The van der Waals surface area contributed by atoms with E-state index in [1.54, 1.807) is 7.11 Å². The summed E-state index contributed by atoms with van der Waals surface area (Å²) in [6.07, 6.45) is 1.01. The molecule has 1 aromatic rings. The molecule has 106 valence electrons. The fourth-order valence-corrected chi connectivity index (χ4v) is 2.77. The molecule has 1 aromatic carbocycles. The lowest BCUT2D eigenvalue weighted by Gasteiger charge is -2.36. The number of rotatable bonds is 5. The van der Waals surface area contributed by atoms with Crippen LogP contribution in [-0.2, 0) is 6.42 Å². The molecule has 0 radical (unpaired) electrons. The minimum absolute atomic E-state index is 0.0884. The van der Waals surface area contributed by atoms with E-state index in [1.165, 1.54) is 0 Å². The van der Waals surface area contributed by atoms with Gasteiger partial charge in [0.15, 0.2) is 11.5 Å². The molecule has 19 heavy (non-hydrogen) atoms. The summed E-state index contributed by atoms with van der Waals surface area (Å²) < 4.78 is 12.5. The Labute approximate surface area is 123 Å². The highest BCUT2D eigenvalue weighted by Gasteiger charge is 2.27. The fraction of sp³-hybridized carbons (Fsp3) is 0.571. The average molecular weight is 329 g/mol. The van der Waals surface area contributed by atoms with E-state index in [0.717, 1.165) is 41.0 Å². The minimum Gasteiger partial charge on any atom is -0.493 e. The van der Waals surface area contributed by atoms with Crippen LogP contribution in [0, 0.1) is 0 Å². The van der Waals surface area contributed by atoms with E-state index >= 15 is 0 Å². The fourth-order valence-electron chi connectivity index (χ4n) is 2.29. The Hall–Kier alpha value is -0.780. The standard InChI is InChI=1S/C14H21BrN2O2/c1-9(16)4-10-5-11(15)6-13(18-3)14(10)19-12-7-17(2)8-12/h5-6,9,12H,4,7-8,16H2,1-3H3. The monoisotopic (exact) mass is 328 g/mol. The first kappa shape index (κ1) is 14.6. The summed E-state index contributed by atoms with van der Waals surface area (Å²) in [5, 5.41) is 0. The predicted octanol–water partition coefficient (Wildman–Crippen LogP) is 2.04. The lowest BCUT2D eigenvalue weighted by Crippen LogP contribution is -2.51. The van der Waals surface area contributed by atoms with Gasteiger partial charge in [-0.15, -0.1) is 0 Å². The molecule has 4 nitrogen and oxygen atoms in total. The quantitative estimate of drug-likeness (QED) is 0.898. The Balaban J connectivity index is 2.25. The van der Waals surface area contributed by atoms with Crippen molar-refractivity contribution in [1.82, 2.24) is 4.90 Å². The topological polar surface area (TPSA) is 47.7 Å². The molecule has 1 unspecified atom stereocenters. The van der Waals surface area contributed by atoms with Crippen molar-refractivity contribution in [2.24, 2.45) is 5.73 Å². The number of ether oxygens (including phenoxy) is 2. The van der Waals surface area contributed by atoms with Crippen LogP contribution in [0.2, 0.25) is 0 Å². The molecule has 1 fully saturated rings. The zero-order valence-electron chi connectivity index (χ0n) is 11.6. The summed E-state index contributed by atoms with van der Waals surface area (Å²) in [4.78, 5) is 2.22. The van der Waals surface area contributed by atoms with Crippen LogP contribution in [0.15, 0.2) is 16.6 Å². The van der Waals surface area contributed by atoms with Gasteiger partial charge in [0.25, 0.3) is 0 Å². The first-order valence-corrected chi connectivity index (χ1v) is 7.26. The molecule has 0 aromatic heterocycles. The molecule has 0 amide bonds. The van der Waals surface area contributed by atoms with Crippen LogP contribution in [-0.4, -0.2) is 44.3 Å². The molecule has 1 saturated heterocycles. The zero-order valence-corrected chi connectivity index (χ0v) is 13.2. The predicted molar refractivity (Wildman–Crippen MR) is 80.0 cm³/mol. The normalized spacial score (nSPS) is 17.9. The summed E-state index contributed by atoms with van der Waals surface area (Å²) in [5.74, 6) is 1.60. The van der Waals surface area contributed by atoms with Gasteiger partial charge < -0.3 is 15.2 Å². The van der Waals surface area contributed by atoms with E-state index in [4.69, 9.17) is 15.2 Å². The summed E-state index contributed by atoms with van der Waals surface area (Å²) in [6.45, 7) is 3.90. The second-order valence-electron chi connectivity index (χ2n) is 5.24. The molecule has 2 N–H and O–H groups in total. The van der Waals surface area contributed by atoms with Crippen LogP contribution < -0.4 is 15.2 Å². The third-order valence-corrected chi connectivity index (χ3v) is 3.63. The third kappa shape index (κ3) is 3.61. The summed E-state index contributed by atoms with van der Waals surface area (Å²) in [6, 6.07) is 4.08. The van der Waals surface area contributed by atoms with Crippen molar-refractivity contribution in [2.45, 2.75) is 25.5 Å². The Kier molecular flexibility index (Phi) is 4.71. The van der Waals surface area contributed by atoms with E-state index in [9.17, 15) is 0 Å². The molecule has 0 saturated carbocycles. The van der Waals surface area contributed by atoms with E-state index < -0.39 is 0 Å². The number of nitrogens with two attached hydrogens (primary N) is 1. The van der Waals surface area contributed by atoms with Crippen LogP contribution in [0.25, 0.3) is 0 Å². The molecule has 5 heteroatoms. The molecule has 0 spiro atoms. The number of halogens is 1. The Morgan fingerprint density at radius 1 is 1.47 bits per heavy atom. The zero-order chi connectivity index (χ0) is 14.0. The Bertz CT molecular complexity index is 445. The maximum absolute atomic E-state index is 6.09. The average Bonchev–Trinajstić information content (AvgIpc) is 2.28. The molecule has 1 atom stereocenters. The Morgan fingerprint density at radius 2 is 2.16 bits per heavy atom. The molecular weight excluding hydrogens is 308 g/mol. The number of hydrogen-bond donors (Lipinski definition) is 1. The second-order valence-corrected chi connectivity index (χ2v) is 6.15. The van der Waals surface area contributed by atoms with Crippen LogP contribution in [0.5, 0.6) is 11.5 Å². The first-order valence-electron chi connectivity index (χ1n) is 6.46. The van der Waals surface area contributed by atoms with Crippen molar-refractivity contribution in [3.05, 3.63) is 22.2 Å². The van der Waals surface area contributed by atoms with Crippen molar-refractivity contribution in [3.8, 4) is 11.5 Å². The smallest absolute Gasteiger partial charge is 0.165 e.